The maximum Gasteiger partial charge on any atom is 0.262 e. The number of amides is 1. The van der Waals surface area contributed by atoms with E-state index < -0.39 is 0 Å². The lowest BCUT2D eigenvalue weighted by molar-refractivity contribution is 0.0990. The molecule has 0 atom stereocenters. The minimum atomic E-state index is -0.0311. The smallest absolute Gasteiger partial charge is 0.262 e. The SMILES string of the molecule is Cc1cccc2nc(CNc3ncccc3C(=O)N3CCc4ccccc43)cn12. The van der Waals surface area contributed by atoms with E-state index in [1.54, 1.807) is 12.3 Å². The summed E-state index contributed by atoms with van der Waals surface area (Å²) in [4.78, 5) is 24.2. The summed E-state index contributed by atoms with van der Waals surface area (Å²) in [7, 11) is 0. The first kappa shape index (κ1) is 17.4. The Morgan fingerprint density at radius 2 is 2.00 bits per heavy atom. The molecule has 0 bridgehead atoms. The molecule has 1 aliphatic heterocycles. The number of aromatic nitrogens is 3. The van der Waals surface area contributed by atoms with Crippen LogP contribution < -0.4 is 10.2 Å². The summed E-state index contributed by atoms with van der Waals surface area (Å²) in [5.74, 6) is 0.548. The first-order valence-electron chi connectivity index (χ1n) is 9.73. The highest BCUT2D eigenvalue weighted by Gasteiger charge is 2.27. The Balaban J connectivity index is 1.39. The van der Waals surface area contributed by atoms with Gasteiger partial charge in [0.1, 0.15) is 11.5 Å². The predicted molar refractivity (Wildman–Crippen MR) is 113 cm³/mol. The van der Waals surface area contributed by atoms with Gasteiger partial charge < -0.3 is 14.6 Å². The van der Waals surface area contributed by atoms with Crippen molar-refractivity contribution in [1.82, 2.24) is 14.4 Å². The number of hydrogen-bond acceptors (Lipinski definition) is 4. The highest BCUT2D eigenvalue weighted by molar-refractivity contribution is 6.10. The molecule has 0 saturated carbocycles. The molecule has 4 heterocycles. The average molecular weight is 383 g/mol. The van der Waals surface area contributed by atoms with Gasteiger partial charge in [-0.25, -0.2) is 9.97 Å². The molecule has 0 radical (unpaired) electrons. The molecular weight excluding hydrogens is 362 g/mol. The summed E-state index contributed by atoms with van der Waals surface area (Å²) in [6, 6.07) is 17.7. The van der Waals surface area contributed by atoms with Crippen LogP contribution in [0.4, 0.5) is 11.5 Å². The number of carbonyl (C=O) groups excluding carboxylic acids is 1. The fourth-order valence-corrected chi connectivity index (χ4v) is 3.87. The van der Waals surface area contributed by atoms with E-state index >= 15 is 0 Å². The number of anilines is 2. The van der Waals surface area contributed by atoms with Crippen LogP contribution in [0.5, 0.6) is 0 Å². The van der Waals surface area contributed by atoms with Crippen molar-refractivity contribution in [2.45, 2.75) is 19.9 Å². The van der Waals surface area contributed by atoms with Crippen molar-refractivity contribution < 1.29 is 4.79 Å². The van der Waals surface area contributed by atoms with E-state index in [2.05, 4.69) is 38.7 Å². The van der Waals surface area contributed by atoms with Crippen molar-refractivity contribution in [2.75, 3.05) is 16.8 Å². The Morgan fingerprint density at radius 3 is 2.90 bits per heavy atom. The van der Waals surface area contributed by atoms with Gasteiger partial charge in [-0.15, -0.1) is 0 Å². The zero-order valence-electron chi connectivity index (χ0n) is 16.2. The van der Waals surface area contributed by atoms with Crippen molar-refractivity contribution in [3.8, 4) is 0 Å². The summed E-state index contributed by atoms with van der Waals surface area (Å²) >= 11 is 0. The maximum absolute atomic E-state index is 13.3. The van der Waals surface area contributed by atoms with Gasteiger partial charge in [0.25, 0.3) is 5.91 Å². The van der Waals surface area contributed by atoms with Crippen molar-refractivity contribution in [2.24, 2.45) is 0 Å². The van der Waals surface area contributed by atoms with E-state index in [1.807, 2.05) is 47.5 Å². The van der Waals surface area contributed by atoms with E-state index in [-0.39, 0.29) is 5.91 Å². The molecule has 1 aromatic carbocycles. The molecule has 1 aliphatic rings. The third-order valence-corrected chi connectivity index (χ3v) is 5.35. The largest absolute Gasteiger partial charge is 0.364 e. The van der Waals surface area contributed by atoms with Crippen LogP contribution in [-0.4, -0.2) is 26.8 Å². The van der Waals surface area contributed by atoms with Crippen molar-refractivity contribution in [1.29, 1.82) is 0 Å². The average Bonchev–Trinajstić information content (AvgIpc) is 3.37. The van der Waals surface area contributed by atoms with Gasteiger partial charge in [-0.2, -0.15) is 0 Å². The van der Waals surface area contributed by atoms with Crippen molar-refractivity contribution in [3.63, 3.8) is 0 Å². The normalized spacial score (nSPS) is 12.9. The number of nitrogens with one attached hydrogen (secondary N) is 1. The van der Waals surface area contributed by atoms with Gasteiger partial charge in [-0.3, -0.25) is 4.79 Å². The predicted octanol–water partition coefficient (Wildman–Crippen LogP) is 3.85. The van der Waals surface area contributed by atoms with E-state index in [0.717, 1.165) is 29.1 Å². The number of pyridine rings is 2. The van der Waals surface area contributed by atoms with Gasteiger partial charge in [-0.1, -0.05) is 24.3 Å². The van der Waals surface area contributed by atoms with Crippen molar-refractivity contribution >= 4 is 23.1 Å². The Bertz CT molecular complexity index is 1210. The topological polar surface area (TPSA) is 62.5 Å². The highest BCUT2D eigenvalue weighted by atomic mass is 16.2. The van der Waals surface area contributed by atoms with E-state index in [4.69, 9.17) is 0 Å². The number of aryl methyl sites for hydroxylation is 1. The highest BCUT2D eigenvalue weighted by Crippen LogP contribution is 2.30. The Morgan fingerprint density at radius 1 is 1.10 bits per heavy atom. The molecule has 1 N–H and O–H groups in total. The second-order valence-electron chi connectivity index (χ2n) is 7.22. The molecule has 144 valence electrons. The quantitative estimate of drug-likeness (QED) is 0.581. The maximum atomic E-state index is 13.3. The number of rotatable bonds is 4. The van der Waals surface area contributed by atoms with Crippen LogP contribution in [0.25, 0.3) is 5.65 Å². The number of carbonyl (C=O) groups is 1. The monoisotopic (exact) mass is 383 g/mol. The summed E-state index contributed by atoms with van der Waals surface area (Å²) in [5, 5.41) is 3.30. The van der Waals surface area contributed by atoms with Crippen LogP contribution in [0, 0.1) is 6.92 Å². The third kappa shape index (κ3) is 3.12. The third-order valence-electron chi connectivity index (χ3n) is 5.35. The molecule has 1 amide bonds. The van der Waals surface area contributed by atoms with E-state index in [0.29, 0.717) is 24.5 Å². The second-order valence-corrected chi connectivity index (χ2v) is 7.22. The number of imidazole rings is 1. The molecule has 6 heteroatoms. The minimum absolute atomic E-state index is 0.0311. The lowest BCUT2D eigenvalue weighted by Gasteiger charge is -2.19. The standard InChI is InChI=1S/C23H21N5O/c1-16-6-4-10-21-26-18(15-28(16)21)14-25-22-19(8-5-12-24-22)23(29)27-13-11-17-7-2-3-9-20(17)27/h2-10,12,15H,11,13-14H2,1H3,(H,24,25). The zero-order chi connectivity index (χ0) is 19.8. The number of hydrogen-bond donors (Lipinski definition) is 1. The molecule has 6 nitrogen and oxygen atoms in total. The van der Waals surface area contributed by atoms with Crippen LogP contribution >= 0.6 is 0 Å². The Labute approximate surface area is 168 Å². The minimum Gasteiger partial charge on any atom is -0.364 e. The summed E-state index contributed by atoms with van der Waals surface area (Å²) in [5.41, 5.74) is 5.71. The molecule has 29 heavy (non-hydrogen) atoms. The van der Waals surface area contributed by atoms with Gasteiger partial charge in [0, 0.05) is 30.3 Å². The van der Waals surface area contributed by atoms with Crippen LogP contribution in [0.1, 0.15) is 27.3 Å². The van der Waals surface area contributed by atoms with Gasteiger partial charge >= 0.3 is 0 Å². The molecule has 4 aromatic rings. The summed E-state index contributed by atoms with van der Waals surface area (Å²) in [6.45, 7) is 3.24. The Kier molecular flexibility index (Phi) is 4.24. The van der Waals surface area contributed by atoms with Gasteiger partial charge in [0.2, 0.25) is 0 Å². The molecule has 3 aromatic heterocycles. The summed E-state index contributed by atoms with van der Waals surface area (Å²) in [6.07, 6.45) is 4.59. The van der Waals surface area contributed by atoms with Gasteiger partial charge in [-0.05, 0) is 49.2 Å². The molecule has 0 unspecified atom stereocenters. The van der Waals surface area contributed by atoms with Crippen LogP contribution in [-0.2, 0) is 13.0 Å². The first-order valence-corrected chi connectivity index (χ1v) is 9.73. The molecule has 5 rings (SSSR count). The molecule has 0 saturated heterocycles. The number of benzene rings is 1. The van der Waals surface area contributed by atoms with Crippen LogP contribution in [0.2, 0.25) is 0 Å². The molecule has 0 fully saturated rings. The Hall–Kier alpha value is -3.67. The van der Waals surface area contributed by atoms with Crippen LogP contribution in [0.15, 0.2) is 67.0 Å². The van der Waals surface area contributed by atoms with E-state index in [9.17, 15) is 4.79 Å². The number of fused-ring (bicyclic) bond motifs is 2. The lowest BCUT2D eigenvalue weighted by atomic mass is 10.1. The fourth-order valence-electron chi connectivity index (χ4n) is 3.87. The zero-order valence-corrected chi connectivity index (χ0v) is 16.2. The second kappa shape index (κ2) is 7.05. The van der Waals surface area contributed by atoms with Gasteiger partial charge in [0.15, 0.2) is 0 Å². The fraction of sp³-hybridized carbons (Fsp3) is 0.174. The lowest BCUT2D eigenvalue weighted by Crippen LogP contribution is -2.29. The van der Waals surface area contributed by atoms with Crippen LogP contribution in [0.3, 0.4) is 0 Å². The van der Waals surface area contributed by atoms with Gasteiger partial charge in [0.05, 0.1) is 17.8 Å². The first-order chi connectivity index (χ1) is 14.2. The van der Waals surface area contributed by atoms with E-state index in [1.165, 1.54) is 5.56 Å². The summed E-state index contributed by atoms with van der Waals surface area (Å²) < 4.78 is 2.06. The number of para-hydroxylation sites is 1. The molecule has 0 spiro atoms. The van der Waals surface area contributed by atoms with Crippen molar-refractivity contribution in [3.05, 3.63) is 89.5 Å². The number of nitrogens with zero attached hydrogens (tertiary/aromatic N) is 4. The molecule has 0 aliphatic carbocycles. The molecular formula is C23H21N5O.